The number of nitrogens with one attached hydrogen (secondary N) is 1. The summed E-state index contributed by atoms with van der Waals surface area (Å²) in [6, 6.07) is 2.22. The summed E-state index contributed by atoms with van der Waals surface area (Å²) in [5.74, 6) is -1.50. The molecule has 0 unspecified atom stereocenters. The molecule has 1 heterocycles. The molecule has 2 aromatic rings. The fourth-order valence-electron chi connectivity index (χ4n) is 2.56. The maximum atomic E-state index is 14.5. The maximum absolute atomic E-state index is 14.5. The van der Waals surface area contributed by atoms with Crippen LogP contribution < -0.4 is 10.1 Å². The first-order chi connectivity index (χ1) is 12.7. The predicted molar refractivity (Wildman–Crippen MR) is 98.5 cm³/mol. The van der Waals surface area contributed by atoms with Gasteiger partial charge in [0.1, 0.15) is 17.0 Å². The van der Waals surface area contributed by atoms with Crippen LogP contribution in [0, 0.1) is 11.6 Å². The quantitative estimate of drug-likeness (QED) is 0.777. The van der Waals surface area contributed by atoms with Crippen LogP contribution in [0.4, 0.5) is 19.3 Å². The molecule has 0 bridgehead atoms. The first kappa shape index (κ1) is 20.7. The summed E-state index contributed by atoms with van der Waals surface area (Å²) in [5.41, 5.74) is -0.165. The van der Waals surface area contributed by atoms with Crippen molar-refractivity contribution in [2.45, 2.75) is 53.1 Å². The SMILES string of the molecule is CCCc1c(NC(=O)OC(C)(C)C)cnn1-c1c(F)cc(OCC)cc1F. The number of halogens is 2. The molecule has 1 amide bonds. The zero-order valence-electron chi connectivity index (χ0n) is 16.2. The molecule has 148 valence electrons. The lowest BCUT2D eigenvalue weighted by Gasteiger charge is -2.19. The smallest absolute Gasteiger partial charge is 0.412 e. The van der Waals surface area contributed by atoms with Crippen molar-refractivity contribution in [3.63, 3.8) is 0 Å². The molecule has 0 aliphatic carbocycles. The standard InChI is InChI=1S/C19H25F2N3O3/c1-6-8-16-15(23-18(25)27-19(3,4)5)11-22-24(16)17-13(20)9-12(26-7-2)10-14(17)21/h9-11H,6-8H2,1-5H3,(H,23,25). The lowest BCUT2D eigenvalue weighted by molar-refractivity contribution is 0.0635. The summed E-state index contributed by atoms with van der Waals surface area (Å²) >= 11 is 0. The molecule has 0 aliphatic heterocycles. The van der Waals surface area contributed by atoms with Crippen LogP contribution in [0.5, 0.6) is 5.75 Å². The number of hydrogen-bond acceptors (Lipinski definition) is 4. The van der Waals surface area contributed by atoms with E-state index in [1.165, 1.54) is 6.20 Å². The topological polar surface area (TPSA) is 65.4 Å². The lowest BCUT2D eigenvalue weighted by Crippen LogP contribution is -2.27. The number of aromatic nitrogens is 2. The van der Waals surface area contributed by atoms with E-state index in [-0.39, 0.29) is 11.4 Å². The van der Waals surface area contributed by atoms with Crippen LogP contribution in [0.1, 0.15) is 46.7 Å². The third-order valence-electron chi connectivity index (χ3n) is 3.50. The van der Waals surface area contributed by atoms with Gasteiger partial charge < -0.3 is 9.47 Å². The Bertz CT molecular complexity index is 790. The monoisotopic (exact) mass is 381 g/mol. The predicted octanol–water partition coefficient (Wildman–Crippen LogP) is 4.85. The van der Waals surface area contributed by atoms with Crippen molar-refractivity contribution in [3.8, 4) is 11.4 Å². The Labute approximate surface area is 157 Å². The second-order valence-corrected chi connectivity index (χ2v) is 6.96. The van der Waals surface area contributed by atoms with Crippen molar-refractivity contribution < 1.29 is 23.0 Å². The number of nitrogens with zero attached hydrogens (tertiary/aromatic N) is 2. The minimum atomic E-state index is -0.803. The van der Waals surface area contributed by atoms with Gasteiger partial charge in [0.15, 0.2) is 11.6 Å². The number of hydrogen-bond donors (Lipinski definition) is 1. The molecule has 1 aromatic carbocycles. The first-order valence-corrected chi connectivity index (χ1v) is 8.85. The second-order valence-electron chi connectivity index (χ2n) is 6.96. The molecule has 0 radical (unpaired) electrons. The number of rotatable bonds is 6. The largest absolute Gasteiger partial charge is 0.494 e. The Hall–Kier alpha value is -2.64. The van der Waals surface area contributed by atoms with Crippen molar-refractivity contribution in [2.75, 3.05) is 11.9 Å². The molecule has 0 spiro atoms. The van der Waals surface area contributed by atoms with Gasteiger partial charge in [-0.2, -0.15) is 5.10 Å². The minimum Gasteiger partial charge on any atom is -0.494 e. The Morgan fingerprint density at radius 3 is 2.37 bits per heavy atom. The van der Waals surface area contributed by atoms with Gasteiger partial charge in [-0.25, -0.2) is 18.3 Å². The third-order valence-corrected chi connectivity index (χ3v) is 3.50. The van der Waals surface area contributed by atoms with Gasteiger partial charge in [0.2, 0.25) is 0 Å². The van der Waals surface area contributed by atoms with E-state index in [1.807, 2.05) is 6.92 Å². The number of carbonyl (C=O) groups excluding carboxylic acids is 1. The summed E-state index contributed by atoms with van der Waals surface area (Å²) in [7, 11) is 0. The van der Waals surface area contributed by atoms with Crippen LogP contribution in [0.25, 0.3) is 5.69 Å². The minimum absolute atomic E-state index is 0.104. The van der Waals surface area contributed by atoms with E-state index in [0.717, 1.165) is 16.8 Å². The third kappa shape index (κ3) is 5.18. The number of ether oxygens (including phenoxy) is 2. The number of benzene rings is 1. The molecular formula is C19H25F2N3O3. The first-order valence-electron chi connectivity index (χ1n) is 8.85. The second kappa shape index (κ2) is 8.37. The van der Waals surface area contributed by atoms with Gasteiger partial charge >= 0.3 is 6.09 Å². The molecule has 6 nitrogen and oxygen atoms in total. The van der Waals surface area contributed by atoms with E-state index < -0.39 is 23.3 Å². The zero-order chi connectivity index (χ0) is 20.2. The summed E-state index contributed by atoms with van der Waals surface area (Å²) in [5, 5.41) is 6.68. The van der Waals surface area contributed by atoms with Gasteiger partial charge in [0, 0.05) is 12.1 Å². The van der Waals surface area contributed by atoms with E-state index in [1.54, 1.807) is 27.7 Å². The zero-order valence-corrected chi connectivity index (χ0v) is 16.2. The van der Waals surface area contributed by atoms with Crippen LogP contribution in [0.15, 0.2) is 18.3 Å². The van der Waals surface area contributed by atoms with Crippen LogP contribution in [-0.4, -0.2) is 28.1 Å². The van der Waals surface area contributed by atoms with Crippen LogP contribution in [-0.2, 0) is 11.2 Å². The van der Waals surface area contributed by atoms with E-state index >= 15 is 0 Å². The van der Waals surface area contributed by atoms with Crippen LogP contribution in [0.3, 0.4) is 0 Å². The molecule has 8 heteroatoms. The number of carbonyl (C=O) groups is 1. The number of anilines is 1. The molecule has 0 aliphatic rings. The van der Waals surface area contributed by atoms with Crippen molar-refractivity contribution in [1.29, 1.82) is 0 Å². The van der Waals surface area contributed by atoms with Crippen molar-refractivity contribution >= 4 is 11.8 Å². The average Bonchev–Trinajstić information content (AvgIpc) is 2.88. The average molecular weight is 381 g/mol. The maximum Gasteiger partial charge on any atom is 0.412 e. The summed E-state index contributed by atoms with van der Waals surface area (Å²) in [6.07, 6.45) is 1.84. The summed E-state index contributed by atoms with van der Waals surface area (Å²) in [4.78, 5) is 12.0. The van der Waals surface area contributed by atoms with Gasteiger partial charge in [-0.05, 0) is 34.1 Å². The lowest BCUT2D eigenvalue weighted by atomic mass is 10.2. The summed E-state index contributed by atoms with van der Waals surface area (Å²) < 4.78 is 40.6. The van der Waals surface area contributed by atoms with Gasteiger partial charge in [-0.1, -0.05) is 13.3 Å². The van der Waals surface area contributed by atoms with Crippen LogP contribution in [0.2, 0.25) is 0 Å². The highest BCUT2D eigenvalue weighted by molar-refractivity contribution is 5.85. The normalized spacial score (nSPS) is 11.4. The Kier molecular flexibility index (Phi) is 6.41. The molecule has 1 aromatic heterocycles. The van der Waals surface area contributed by atoms with Crippen molar-refractivity contribution in [1.82, 2.24) is 9.78 Å². The highest BCUT2D eigenvalue weighted by Crippen LogP contribution is 2.28. The molecule has 27 heavy (non-hydrogen) atoms. The molecule has 0 atom stereocenters. The fraction of sp³-hybridized carbons (Fsp3) is 0.474. The van der Waals surface area contributed by atoms with Gasteiger partial charge in [-0.15, -0.1) is 0 Å². The van der Waals surface area contributed by atoms with E-state index in [4.69, 9.17) is 9.47 Å². The van der Waals surface area contributed by atoms with E-state index in [2.05, 4.69) is 10.4 Å². The van der Waals surface area contributed by atoms with Crippen molar-refractivity contribution in [3.05, 3.63) is 35.7 Å². The molecule has 1 N–H and O–H groups in total. The highest BCUT2D eigenvalue weighted by atomic mass is 19.1. The Morgan fingerprint density at radius 2 is 1.85 bits per heavy atom. The Morgan fingerprint density at radius 1 is 1.22 bits per heavy atom. The molecule has 2 rings (SSSR count). The van der Waals surface area contributed by atoms with Gasteiger partial charge in [0.25, 0.3) is 0 Å². The Balaban J connectivity index is 2.41. The molecule has 0 fully saturated rings. The molecule has 0 saturated carbocycles. The molecule has 0 saturated heterocycles. The van der Waals surface area contributed by atoms with Crippen LogP contribution >= 0.6 is 0 Å². The number of amides is 1. The van der Waals surface area contributed by atoms with E-state index in [0.29, 0.717) is 30.8 Å². The molecular weight excluding hydrogens is 356 g/mol. The highest BCUT2D eigenvalue weighted by Gasteiger charge is 2.22. The van der Waals surface area contributed by atoms with Gasteiger partial charge in [-0.3, -0.25) is 5.32 Å². The van der Waals surface area contributed by atoms with Gasteiger partial charge in [0.05, 0.1) is 24.2 Å². The fourth-order valence-corrected chi connectivity index (χ4v) is 2.56. The van der Waals surface area contributed by atoms with Crippen molar-refractivity contribution in [2.24, 2.45) is 0 Å². The summed E-state index contributed by atoms with van der Waals surface area (Å²) in [6.45, 7) is 9.17. The van der Waals surface area contributed by atoms with E-state index in [9.17, 15) is 13.6 Å².